The van der Waals surface area contributed by atoms with Gasteiger partial charge in [0.15, 0.2) is 0 Å². The molecule has 3 aromatic rings. The van der Waals surface area contributed by atoms with Crippen molar-refractivity contribution in [2.24, 2.45) is 0 Å². The highest BCUT2D eigenvalue weighted by Gasteiger charge is 2.00. The van der Waals surface area contributed by atoms with Gasteiger partial charge in [-0.1, -0.05) is 30.3 Å². The quantitative estimate of drug-likeness (QED) is 0.680. The summed E-state index contributed by atoms with van der Waals surface area (Å²) in [6, 6.07) is 12.5. The van der Waals surface area contributed by atoms with E-state index in [1.165, 1.54) is 5.56 Å². The minimum absolute atomic E-state index is 0.819. The van der Waals surface area contributed by atoms with Gasteiger partial charge in [-0.05, 0) is 24.8 Å². The maximum atomic E-state index is 4.25. The first-order valence-electron chi connectivity index (χ1n) is 7.50. The molecule has 0 radical (unpaired) electrons. The van der Waals surface area contributed by atoms with Crippen molar-refractivity contribution in [2.75, 3.05) is 11.9 Å². The van der Waals surface area contributed by atoms with Crippen LogP contribution in [0.2, 0.25) is 0 Å². The number of aryl methyl sites for hydroxylation is 1. The van der Waals surface area contributed by atoms with E-state index in [0.717, 1.165) is 37.4 Å². The highest BCUT2D eigenvalue weighted by Crippen LogP contribution is 2.09. The molecule has 0 aliphatic carbocycles. The van der Waals surface area contributed by atoms with Crippen molar-refractivity contribution < 1.29 is 0 Å². The second-order valence-corrected chi connectivity index (χ2v) is 5.10. The Hall–Kier alpha value is -2.69. The molecule has 0 atom stereocenters. The fraction of sp³-hybridized carbons (Fsp3) is 0.235. The average Bonchev–Trinajstić information content (AvgIpc) is 3.10. The van der Waals surface area contributed by atoms with E-state index in [-0.39, 0.29) is 0 Å². The molecule has 5 heteroatoms. The Morgan fingerprint density at radius 1 is 1.05 bits per heavy atom. The Labute approximate surface area is 130 Å². The van der Waals surface area contributed by atoms with Crippen molar-refractivity contribution in [1.82, 2.24) is 19.5 Å². The summed E-state index contributed by atoms with van der Waals surface area (Å²) in [5.41, 5.74) is 1.40. The molecule has 2 aromatic heterocycles. The molecule has 0 bridgehead atoms. The van der Waals surface area contributed by atoms with Gasteiger partial charge in [0, 0.05) is 25.0 Å². The van der Waals surface area contributed by atoms with Gasteiger partial charge < -0.3 is 5.32 Å². The van der Waals surface area contributed by atoms with E-state index in [1.54, 1.807) is 18.9 Å². The first-order valence-corrected chi connectivity index (χ1v) is 7.50. The van der Waals surface area contributed by atoms with Gasteiger partial charge in [0.1, 0.15) is 24.3 Å². The Kier molecular flexibility index (Phi) is 4.77. The fourth-order valence-electron chi connectivity index (χ4n) is 2.29. The number of anilines is 1. The number of imidazole rings is 1. The lowest BCUT2D eigenvalue weighted by Crippen LogP contribution is -2.05. The van der Waals surface area contributed by atoms with Crippen molar-refractivity contribution in [1.29, 1.82) is 0 Å². The summed E-state index contributed by atoms with van der Waals surface area (Å²) in [6.07, 6.45) is 10.3. The van der Waals surface area contributed by atoms with Crippen LogP contribution in [0, 0.1) is 0 Å². The molecule has 0 amide bonds. The van der Waals surface area contributed by atoms with Crippen LogP contribution in [0.3, 0.4) is 0 Å². The molecule has 1 N–H and O–H groups in total. The normalized spacial score (nSPS) is 10.5. The molecule has 22 heavy (non-hydrogen) atoms. The van der Waals surface area contributed by atoms with Crippen molar-refractivity contribution in [2.45, 2.75) is 19.3 Å². The van der Waals surface area contributed by atoms with E-state index in [4.69, 9.17) is 0 Å². The van der Waals surface area contributed by atoms with Crippen molar-refractivity contribution >= 4 is 5.82 Å². The molecular formula is C17H19N5. The smallest absolute Gasteiger partial charge is 0.143 e. The minimum Gasteiger partial charge on any atom is -0.370 e. The van der Waals surface area contributed by atoms with Gasteiger partial charge >= 0.3 is 0 Å². The van der Waals surface area contributed by atoms with Gasteiger partial charge in [0.2, 0.25) is 0 Å². The van der Waals surface area contributed by atoms with E-state index < -0.39 is 0 Å². The molecule has 0 spiro atoms. The maximum Gasteiger partial charge on any atom is 0.143 e. The number of rotatable bonds is 7. The number of aromatic nitrogens is 4. The molecule has 112 valence electrons. The molecule has 0 saturated carbocycles. The van der Waals surface area contributed by atoms with E-state index in [9.17, 15) is 0 Å². The van der Waals surface area contributed by atoms with Crippen LogP contribution in [0.25, 0.3) is 5.82 Å². The lowest BCUT2D eigenvalue weighted by atomic mass is 10.1. The van der Waals surface area contributed by atoms with Crippen LogP contribution in [-0.4, -0.2) is 26.1 Å². The van der Waals surface area contributed by atoms with E-state index in [2.05, 4.69) is 50.6 Å². The average molecular weight is 293 g/mol. The zero-order chi connectivity index (χ0) is 15.0. The zero-order valence-corrected chi connectivity index (χ0v) is 12.4. The zero-order valence-electron chi connectivity index (χ0n) is 12.4. The summed E-state index contributed by atoms with van der Waals surface area (Å²) in [7, 11) is 0. The standard InChI is InChI=1S/C17H19N5/c1-2-6-15(7-3-1)8-4-5-9-19-16-12-17(21-13-20-16)22-11-10-18-14-22/h1-3,6-7,10-14H,4-5,8-9H2,(H,19,20,21). The van der Waals surface area contributed by atoms with Gasteiger partial charge in [0.05, 0.1) is 0 Å². The molecule has 0 aliphatic heterocycles. The predicted octanol–water partition coefficient (Wildman–Crippen LogP) is 3.10. The van der Waals surface area contributed by atoms with E-state index >= 15 is 0 Å². The summed E-state index contributed by atoms with van der Waals surface area (Å²) in [4.78, 5) is 12.5. The molecule has 0 aliphatic rings. The third-order valence-electron chi connectivity index (χ3n) is 3.46. The summed E-state index contributed by atoms with van der Waals surface area (Å²) in [6.45, 7) is 0.910. The van der Waals surface area contributed by atoms with Crippen molar-refractivity contribution in [3.05, 3.63) is 67.0 Å². The van der Waals surface area contributed by atoms with E-state index in [0.29, 0.717) is 0 Å². The van der Waals surface area contributed by atoms with Gasteiger partial charge in [-0.15, -0.1) is 0 Å². The number of hydrogen-bond donors (Lipinski definition) is 1. The molecule has 3 rings (SSSR count). The molecular weight excluding hydrogens is 274 g/mol. The Balaban J connectivity index is 1.45. The molecule has 5 nitrogen and oxygen atoms in total. The SMILES string of the molecule is c1ccc(CCCCNc2cc(-n3ccnc3)ncn2)cc1. The monoisotopic (exact) mass is 293 g/mol. The summed E-state index contributed by atoms with van der Waals surface area (Å²) in [5, 5.41) is 3.35. The Morgan fingerprint density at radius 3 is 2.77 bits per heavy atom. The molecule has 2 heterocycles. The third-order valence-corrected chi connectivity index (χ3v) is 3.46. The second-order valence-electron chi connectivity index (χ2n) is 5.10. The van der Waals surface area contributed by atoms with Crippen LogP contribution in [0.5, 0.6) is 0 Å². The highest BCUT2D eigenvalue weighted by molar-refractivity contribution is 5.40. The predicted molar refractivity (Wildman–Crippen MR) is 87.0 cm³/mol. The van der Waals surface area contributed by atoms with Crippen LogP contribution < -0.4 is 5.32 Å². The number of unbranched alkanes of at least 4 members (excludes halogenated alkanes) is 1. The molecule has 0 fully saturated rings. The lowest BCUT2D eigenvalue weighted by molar-refractivity contribution is 0.761. The number of hydrogen-bond acceptors (Lipinski definition) is 4. The molecule has 0 unspecified atom stereocenters. The minimum atomic E-state index is 0.819. The van der Waals surface area contributed by atoms with Gasteiger partial charge in [0.25, 0.3) is 0 Å². The third kappa shape index (κ3) is 3.91. The van der Waals surface area contributed by atoms with Gasteiger partial charge in [-0.2, -0.15) is 0 Å². The summed E-state index contributed by atoms with van der Waals surface area (Å²) in [5.74, 6) is 1.66. The van der Waals surface area contributed by atoms with Crippen LogP contribution in [-0.2, 0) is 6.42 Å². The van der Waals surface area contributed by atoms with Crippen molar-refractivity contribution in [3.8, 4) is 5.82 Å². The molecule has 1 aromatic carbocycles. The van der Waals surface area contributed by atoms with Crippen molar-refractivity contribution in [3.63, 3.8) is 0 Å². The first-order chi connectivity index (χ1) is 10.9. The maximum absolute atomic E-state index is 4.25. The van der Waals surface area contributed by atoms with Gasteiger partial charge in [-0.3, -0.25) is 4.57 Å². The van der Waals surface area contributed by atoms with Crippen LogP contribution in [0.4, 0.5) is 5.82 Å². The van der Waals surface area contributed by atoms with Crippen LogP contribution in [0.1, 0.15) is 18.4 Å². The summed E-state index contributed by atoms with van der Waals surface area (Å²) < 4.78 is 1.86. The first kappa shape index (κ1) is 14.3. The second kappa shape index (κ2) is 7.36. The lowest BCUT2D eigenvalue weighted by Gasteiger charge is -2.07. The Morgan fingerprint density at radius 2 is 1.95 bits per heavy atom. The summed E-state index contributed by atoms with van der Waals surface area (Å²) >= 11 is 0. The number of benzene rings is 1. The van der Waals surface area contributed by atoms with Crippen LogP contribution in [0.15, 0.2) is 61.4 Å². The van der Waals surface area contributed by atoms with Gasteiger partial charge in [-0.25, -0.2) is 15.0 Å². The topological polar surface area (TPSA) is 55.6 Å². The molecule has 0 saturated heterocycles. The Bertz CT molecular complexity index is 679. The highest BCUT2D eigenvalue weighted by atomic mass is 15.1. The largest absolute Gasteiger partial charge is 0.370 e. The fourth-order valence-corrected chi connectivity index (χ4v) is 2.29. The van der Waals surface area contributed by atoms with E-state index in [1.807, 2.05) is 16.8 Å². The van der Waals surface area contributed by atoms with Crippen LogP contribution >= 0.6 is 0 Å². The number of nitrogens with zero attached hydrogens (tertiary/aromatic N) is 4. The number of nitrogens with one attached hydrogen (secondary N) is 1.